The van der Waals surface area contributed by atoms with E-state index in [0.29, 0.717) is 5.75 Å². The molecule has 1 aromatic rings. The third kappa shape index (κ3) is 3.09. The highest BCUT2D eigenvalue weighted by molar-refractivity contribution is 6.29. The lowest BCUT2D eigenvalue weighted by Crippen LogP contribution is -2.11. The maximum atomic E-state index is 11.3. The number of carbonyl (C=O) groups excluding carboxylic acids is 1. The Bertz CT molecular complexity index is 366. The normalized spacial score (nSPS) is 10.2. The molecule has 0 saturated carbocycles. The van der Waals surface area contributed by atoms with Crippen LogP contribution in [0.4, 0.5) is 0 Å². The van der Waals surface area contributed by atoms with Crippen LogP contribution in [-0.2, 0) is 4.74 Å². The van der Waals surface area contributed by atoms with E-state index in [2.05, 4.69) is 9.72 Å². The number of halogens is 1. The number of hydrogen-bond acceptors (Lipinski definition) is 4. The van der Waals surface area contributed by atoms with Crippen LogP contribution < -0.4 is 4.74 Å². The Morgan fingerprint density at radius 2 is 2.20 bits per heavy atom. The van der Waals surface area contributed by atoms with Gasteiger partial charge in [0.05, 0.1) is 13.2 Å². The van der Waals surface area contributed by atoms with Crippen molar-refractivity contribution in [3.05, 3.63) is 23.0 Å². The molecule has 0 amide bonds. The summed E-state index contributed by atoms with van der Waals surface area (Å²) in [4.78, 5) is 15.1. The number of methoxy groups -OCH3 is 1. The second kappa shape index (κ2) is 4.98. The van der Waals surface area contributed by atoms with Gasteiger partial charge in [0.1, 0.15) is 16.5 Å². The van der Waals surface area contributed by atoms with Crippen LogP contribution in [0, 0.1) is 0 Å². The Morgan fingerprint density at radius 3 is 2.73 bits per heavy atom. The quantitative estimate of drug-likeness (QED) is 0.590. The third-order valence-corrected chi connectivity index (χ3v) is 1.81. The highest BCUT2D eigenvalue weighted by atomic mass is 35.5. The molecule has 0 aliphatic heterocycles. The first-order chi connectivity index (χ1) is 7.04. The second-order valence-corrected chi connectivity index (χ2v) is 3.55. The van der Waals surface area contributed by atoms with Crippen LogP contribution >= 0.6 is 11.6 Å². The second-order valence-electron chi connectivity index (χ2n) is 3.16. The van der Waals surface area contributed by atoms with Crippen molar-refractivity contribution in [2.75, 3.05) is 7.11 Å². The molecule has 0 unspecified atom stereocenters. The molecule has 5 heteroatoms. The zero-order chi connectivity index (χ0) is 11.4. The van der Waals surface area contributed by atoms with E-state index in [1.165, 1.54) is 19.4 Å². The Labute approximate surface area is 93.2 Å². The minimum absolute atomic E-state index is 0.0492. The van der Waals surface area contributed by atoms with Crippen molar-refractivity contribution in [2.24, 2.45) is 0 Å². The number of carbonyl (C=O) groups is 1. The zero-order valence-electron chi connectivity index (χ0n) is 8.78. The molecule has 0 N–H and O–H groups in total. The lowest BCUT2D eigenvalue weighted by molar-refractivity contribution is 0.0594. The van der Waals surface area contributed by atoms with Crippen molar-refractivity contribution >= 4 is 17.6 Å². The summed E-state index contributed by atoms with van der Waals surface area (Å²) in [7, 11) is 1.30. The molecule has 4 nitrogen and oxygen atoms in total. The number of aromatic nitrogens is 1. The summed E-state index contributed by atoms with van der Waals surface area (Å²) < 4.78 is 10.0. The number of esters is 1. The monoisotopic (exact) mass is 229 g/mol. The van der Waals surface area contributed by atoms with E-state index >= 15 is 0 Å². The van der Waals surface area contributed by atoms with Gasteiger partial charge in [0.25, 0.3) is 0 Å². The van der Waals surface area contributed by atoms with Crippen LogP contribution in [0.15, 0.2) is 12.3 Å². The highest BCUT2D eigenvalue weighted by Crippen LogP contribution is 2.23. The van der Waals surface area contributed by atoms with Gasteiger partial charge in [0, 0.05) is 12.3 Å². The molecule has 1 aromatic heterocycles. The molecule has 0 spiro atoms. The fraction of sp³-hybridized carbons (Fsp3) is 0.400. The van der Waals surface area contributed by atoms with E-state index < -0.39 is 5.97 Å². The molecule has 0 saturated heterocycles. The molecule has 82 valence electrons. The topological polar surface area (TPSA) is 48.4 Å². The van der Waals surface area contributed by atoms with E-state index in [4.69, 9.17) is 16.3 Å². The average Bonchev–Trinajstić information content (AvgIpc) is 2.16. The van der Waals surface area contributed by atoms with E-state index in [0.717, 1.165) is 0 Å². The van der Waals surface area contributed by atoms with Gasteiger partial charge in [-0.3, -0.25) is 0 Å². The average molecular weight is 230 g/mol. The fourth-order valence-electron chi connectivity index (χ4n) is 1.03. The van der Waals surface area contributed by atoms with Crippen molar-refractivity contribution < 1.29 is 14.3 Å². The lowest BCUT2D eigenvalue weighted by atomic mass is 10.2. The molecule has 0 atom stereocenters. The van der Waals surface area contributed by atoms with Gasteiger partial charge >= 0.3 is 5.97 Å². The van der Waals surface area contributed by atoms with Gasteiger partial charge in [-0.05, 0) is 13.8 Å². The van der Waals surface area contributed by atoms with Crippen LogP contribution in [0.25, 0.3) is 0 Å². The Morgan fingerprint density at radius 1 is 1.53 bits per heavy atom. The van der Waals surface area contributed by atoms with E-state index in [-0.39, 0.29) is 16.8 Å². The summed E-state index contributed by atoms with van der Waals surface area (Å²) in [5, 5.41) is 0.276. The molecule has 0 aliphatic carbocycles. The summed E-state index contributed by atoms with van der Waals surface area (Å²) >= 11 is 5.70. The van der Waals surface area contributed by atoms with Gasteiger partial charge in [-0.25, -0.2) is 9.78 Å². The van der Waals surface area contributed by atoms with Crippen LogP contribution in [0.5, 0.6) is 5.75 Å². The first-order valence-electron chi connectivity index (χ1n) is 4.45. The van der Waals surface area contributed by atoms with Gasteiger partial charge in [-0.2, -0.15) is 0 Å². The predicted octanol–water partition coefficient (Wildman–Crippen LogP) is 2.31. The number of ether oxygens (including phenoxy) is 2. The lowest BCUT2D eigenvalue weighted by Gasteiger charge is -2.12. The minimum atomic E-state index is -0.491. The van der Waals surface area contributed by atoms with E-state index in [9.17, 15) is 4.79 Å². The van der Waals surface area contributed by atoms with Crippen molar-refractivity contribution in [1.82, 2.24) is 4.98 Å². The Hall–Kier alpha value is -1.29. The van der Waals surface area contributed by atoms with Crippen molar-refractivity contribution in [1.29, 1.82) is 0 Å². The summed E-state index contributed by atoms with van der Waals surface area (Å²) in [5.74, 6) is -0.105. The first kappa shape index (κ1) is 11.8. The summed E-state index contributed by atoms with van der Waals surface area (Å²) in [6.45, 7) is 3.71. The Kier molecular flexibility index (Phi) is 3.91. The largest absolute Gasteiger partial charge is 0.490 e. The minimum Gasteiger partial charge on any atom is -0.490 e. The molecule has 0 bridgehead atoms. The van der Waals surface area contributed by atoms with Gasteiger partial charge in [0.15, 0.2) is 0 Å². The number of nitrogens with zero attached hydrogens (tertiary/aromatic N) is 1. The summed E-state index contributed by atoms with van der Waals surface area (Å²) in [6.07, 6.45) is 1.29. The summed E-state index contributed by atoms with van der Waals surface area (Å²) in [5.41, 5.74) is 0.274. The van der Waals surface area contributed by atoms with Crippen LogP contribution in [0.3, 0.4) is 0 Å². The summed E-state index contributed by atoms with van der Waals surface area (Å²) in [6, 6.07) is 1.49. The third-order valence-electron chi connectivity index (χ3n) is 1.60. The van der Waals surface area contributed by atoms with Crippen molar-refractivity contribution in [3.63, 3.8) is 0 Å². The molecule has 15 heavy (non-hydrogen) atoms. The molecule has 0 radical (unpaired) electrons. The molecule has 1 rings (SSSR count). The standard InChI is InChI=1S/C10H12ClNO3/c1-6(2)15-8-4-9(11)12-5-7(8)10(13)14-3/h4-6H,1-3H3. The van der Waals surface area contributed by atoms with E-state index in [1.54, 1.807) is 0 Å². The van der Waals surface area contributed by atoms with E-state index in [1.807, 2.05) is 13.8 Å². The molecule has 1 heterocycles. The van der Waals surface area contributed by atoms with Crippen molar-refractivity contribution in [3.8, 4) is 5.75 Å². The van der Waals surface area contributed by atoms with Crippen molar-refractivity contribution in [2.45, 2.75) is 20.0 Å². The van der Waals surface area contributed by atoms with Gasteiger partial charge in [0.2, 0.25) is 0 Å². The smallest absolute Gasteiger partial charge is 0.343 e. The first-order valence-corrected chi connectivity index (χ1v) is 4.83. The van der Waals surface area contributed by atoms with Crippen LogP contribution in [0.2, 0.25) is 5.15 Å². The number of rotatable bonds is 3. The molecular formula is C10H12ClNO3. The molecular weight excluding hydrogens is 218 g/mol. The predicted molar refractivity (Wildman–Crippen MR) is 56.4 cm³/mol. The zero-order valence-corrected chi connectivity index (χ0v) is 9.54. The van der Waals surface area contributed by atoms with Gasteiger partial charge in [-0.1, -0.05) is 11.6 Å². The van der Waals surface area contributed by atoms with Crippen LogP contribution in [-0.4, -0.2) is 24.2 Å². The molecule has 0 fully saturated rings. The van der Waals surface area contributed by atoms with Crippen LogP contribution in [0.1, 0.15) is 24.2 Å². The fourth-order valence-corrected chi connectivity index (χ4v) is 1.18. The maximum Gasteiger partial charge on any atom is 0.343 e. The highest BCUT2D eigenvalue weighted by Gasteiger charge is 2.15. The number of hydrogen-bond donors (Lipinski definition) is 0. The molecule has 0 aliphatic rings. The number of pyridine rings is 1. The SMILES string of the molecule is COC(=O)c1cnc(Cl)cc1OC(C)C. The van der Waals surface area contributed by atoms with Gasteiger partial charge < -0.3 is 9.47 Å². The molecule has 0 aromatic carbocycles. The maximum absolute atomic E-state index is 11.3. The van der Waals surface area contributed by atoms with Gasteiger partial charge in [-0.15, -0.1) is 0 Å². The Balaban J connectivity index is 3.08.